The van der Waals surface area contributed by atoms with Crippen molar-refractivity contribution in [3.63, 3.8) is 0 Å². The van der Waals surface area contributed by atoms with Crippen molar-refractivity contribution in [3.8, 4) is 0 Å². The van der Waals surface area contributed by atoms with E-state index in [1.165, 1.54) is 11.3 Å². The van der Waals surface area contributed by atoms with Gasteiger partial charge in [0.15, 0.2) is 0 Å². The molecule has 1 aromatic carbocycles. The maximum absolute atomic E-state index is 12.2. The summed E-state index contributed by atoms with van der Waals surface area (Å²) in [5.41, 5.74) is 0.722. The Kier molecular flexibility index (Phi) is 3.69. The molecule has 2 aromatic rings. The first kappa shape index (κ1) is 11.7. The molecule has 4 heteroatoms. The number of thioether (sulfide) groups is 1. The van der Waals surface area contributed by atoms with Crippen LogP contribution in [0.2, 0.25) is 5.02 Å². The fraction of sp³-hybridized carbons (Fsp3) is 0.0833. The first-order chi connectivity index (χ1) is 7.74. The lowest BCUT2D eigenvalue weighted by Crippen LogP contribution is -2.00. The van der Waals surface area contributed by atoms with E-state index in [-0.39, 0.29) is 5.78 Å². The zero-order chi connectivity index (χ0) is 11.5. The maximum Gasteiger partial charge on any atom is 0.205 e. The van der Waals surface area contributed by atoms with Crippen LogP contribution in [-0.2, 0) is 0 Å². The van der Waals surface area contributed by atoms with Gasteiger partial charge in [-0.05, 0) is 29.8 Å². The molecule has 1 nitrogen and oxygen atoms in total. The van der Waals surface area contributed by atoms with Crippen LogP contribution < -0.4 is 0 Å². The molecule has 0 bridgehead atoms. The maximum atomic E-state index is 12.2. The van der Waals surface area contributed by atoms with Crippen molar-refractivity contribution in [2.24, 2.45) is 0 Å². The summed E-state index contributed by atoms with van der Waals surface area (Å²) in [6.07, 6.45) is 1.96. The topological polar surface area (TPSA) is 17.1 Å². The van der Waals surface area contributed by atoms with Crippen molar-refractivity contribution in [2.75, 3.05) is 6.26 Å². The lowest BCUT2D eigenvalue weighted by Gasteiger charge is -2.04. The van der Waals surface area contributed by atoms with Crippen LogP contribution in [0.25, 0.3) is 0 Å². The number of carbonyl (C=O) groups is 1. The molecule has 1 aromatic heterocycles. The minimum absolute atomic E-state index is 0.00458. The molecule has 0 saturated heterocycles. The predicted octanol–water partition coefficient (Wildman–Crippen LogP) is 4.35. The number of rotatable bonds is 3. The predicted molar refractivity (Wildman–Crippen MR) is 71.0 cm³/mol. The average molecular weight is 269 g/mol. The molecule has 0 N–H and O–H groups in total. The number of hydrogen-bond acceptors (Lipinski definition) is 3. The Labute approximate surface area is 107 Å². The summed E-state index contributed by atoms with van der Waals surface area (Å²) < 4.78 is 0. The Hall–Kier alpha value is -0.770. The average Bonchev–Trinajstić information content (AvgIpc) is 2.74. The molecule has 1 heterocycles. The van der Waals surface area contributed by atoms with E-state index in [1.54, 1.807) is 17.8 Å². The summed E-state index contributed by atoms with van der Waals surface area (Å²) in [5.74, 6) is 0.00458. The largest absolute Gasteiger partial charge is 0.288 e. The first-order valence-electron chi connectivity index (χ1n) is 4.64. The van der Waals surface area contributed by atoms with Crippen LogP contribution in [0.4, 0.5) is 0 Å². The third-order valence-corrected chi connectivity index (χ3v) is 4.31. The van der Waals surface area contributed by atoms with Gasteiger partial charge in [-0.2, -0.15) is 0 Å². The van der Waals surface area contributed by atoms with Crippen molar-refractivity contribution in [1.29, 1.82) is 0 Å². The highest BCUT2D eigenvalue weighted by Gasteiger charge is 2.16. The summed E-state index contributed by atoms with van der Waals surface area (Å²) in [6.45, 7) is 0. The molecule has 0 aliphatic heterocycles. The van der Waals surface area contributed by atoms with E-state index >= 15 is 0 Å². The lowest BCUT2D eigenvalue weighted by atomic mass is 10.1. The molecule has 0 amide bonds. The van der Waals surface area contributed by atoms with Gasteiger partial charge in [-0.25, -0.2) is 0 Å². The summed E-state index contributed by atoms with van der Waals surface area (Å²) in [4.78, 5) is 13.8. The molecule has 82 valence electrons. The van der Waals surface area contributed by atoms with Crippen LogP contribution in [0.1, 0.15) is 15.2 Å². The van der Waals surface area contributed by atoms with Crippen LogP contribution in [0, 0.1) is 0 Å². The number of benzene rings is 1. The van der Waals surface area contributed by atoms with Crippen molar-refractivity contribution in [3.05, 3.63) is 51.2 Å². The van der Waals surface area contributed by atoms with E-state index in [9.17, 15) is 4.79 Å². The Balaban J connectivity index is 2.46. The van der Waals surface area contributed by atoms with E-state index in [1.807, 2.05) is 35.9 Å². The fourth-order valence-corrected chi connectivity index (χ4v) is 3.10. The quantitative estimate of drug-likeness (QED) is 0.608. The monoisotopic (exact) mass is 268 g/mol. The first-order valence-corrected chi connectivity index (χ1v) is 7.13. The SMILES string of the molecule is CSc1ccccc1C(=O)c1sccc1Cl. The number of ketones is 1. The van der Waals surface area contributed by atoms with E-state index in [4.69, 9.17) is 11.6 Å². The van der Waals surface area contributed by atoms with Crippen LogP contribution in [0.5, 0.6) is 0 Å². The standard InChI is InChI=1S/C12H9ClOS2/c1-15-10-5-3-2-4-8(10)11(14)12-9(13)6-7-16-12/h2-7H,1H3. The van der Waals surface area contributed by atoms with Gasteiger partial charge in [-0.3, -0.25) is 4.79 Å². The third-order valence-electron chi connectivity index (χ3n) is 2.18. The van der Waals surface area contributed by atoms with Crippen LogP contribution in [-0.4, -0.2) is 12.0 Å². The Morgan fingerprint density at radius 1 is 1.31 bits per heavy atom. The van der Waals surface area contributed by atoms with Gasteiger partial charge in [-0.15, -0.1) is 23.1 Å². The van der Waals surface area contributed by atoms with Gasteiger partial charge in [0.2, 0.25) is 5.78 Å². The highest BCUT2D eigenvalue weighted by molar-refractivity contribution is 7.98. The Bertz CT molecular complexity index is 519. The molecule has 0 aliphatic rings. The van der Waals surface area contributed by atoms with Crippen LogP contribution in [0.3, 0.4) is 0 Å². The Morgan fingerprint density at radius 2 is 2.06 bits per heavy atom. The van der Waals surface area contributed by atoms with Crippen LogP contribution >= 0.6 is 34.7 Å². The van der Waals surface area contributed by atoms with Crippen molar-refractivity contribution >= 4 is 40.5 Å². The van der Waals surface area contributed by atoms with Gasteiger partial charge in [0.25, 0.3) is 0 Å². The molecular weight excluding hydrogens is 260 g/mol. The molecule has 0 spiro atoms. The molecule has 0 fully saturated rings. The van der Waals surface area contributed by atoms with Gasteiger partial charge in [-0.1, -0.05) is 23.7 Å². The number of carbonyl (C=O) groups excluding carboxylic acids is 1. The molecule has 0 atom stereocenters. The summed E-state index contributed by atoms with van der Waals surface area (Å²) in [6, 6.07) is 9.33. The van der Waals surface area contributed by atoms with Gasteiger partial charge < -0.3 is 0 Å². The second-order valence-corrected chi connectivity index (χ2v) is 5.30. The molecule has 0 unspecified atom stereocenters. The van der Waals surface area contributed by atoms with E-state index in [0.29, 0.717) is 9.90 Å². The molecule has 16 heavy (non-hydrogen) atoms. The zero-order valence-electron chi connectivity index (χ0n) is 8.57. The molecule has 0 aliphatic carbocycles. The second kappa shape index (κ2) is 5.04. The summed E-state index contributed by atoms with van der Waals surface area (Å²) in [5, 5.41) is 2.36. The molecule has 0 radical (unpaired) electrons. The van der Waals surface area contributed by atoms with Crippen molar-refractivity contribution in [1.82, 2.24) is 0 Å². The van der Waals surface area contributed by atoms with E-state index < -0.39 is 0 Å². The van der Waals surface area contributed by atoms with Crippen LogP contribution in [0.15, 0.2) is 40.6 Å². The zero-order valence-corrected chi connectivity index (χ0v) is 11.0. The minimum Gasteiger partial charge on any atom is -0.288 e. The Morgan fingerprint density at radius 3 is 2.69 bits per heavy atom. The van der Waals surface area contributed by atoms with Gasteiger partial charge in [0.1, 0.15) is 0 Å². The van der Waals surface area contributed by atoms with E-state index in [0.717, 1.165) is 10.5 Å². The normalized spacial score (nSPS) is 10.4. The number of thiophene rings is 1. The number of halogens is 1. The second-order valence-electron chi connectivity index (χ2n) is 3.13. The van der Waals surface area contributed by atoms with Crippen molar-refractivity contribution < 1.29 is 4.79 Å². The van der Waals surface area contributed by atoms with Gasteiger partial charge in [0, 0.05) is 10.5 Å². The van der Waals surface area contributed by atoms with Crippen molar-refractivity contribution in [2.45, 2.75) is 4.90 Å². The number of hydrogen-bond donors (Lipinski definition) is 0. The lowest BCUT2D eigenvalue weighted by molar-refractivity contribution is 0.104. The smallest absolute Gasteiger partial charge is 0.205 e. The molecule has 0 saturated carbocycles. The van der Waals surface area contributed by atoms with Gasteiger partial charge >= 0.3 is 0 Å². The third kappa shape index (κ3) is 2.17. The minimum atomic E-state index is 0.00458. The highest BCUT2D eigenvalue weighted by Crippen LogP contribution is 2.28. The molecule has 2 rings (SSSR count). The van der Waals surface area contributed by atoms with E-state index in [2.05, 4.69) is 0 Å². The fourth-order valence-electron chi connectivity index (χ4n) is 1.41. The molecular formula is C12H9ClOS2. The highest BCUT2D eigenvalue weighted by atomic mass is 35.5. The summed E-state index contributed by atoms with van der Waals surface area (Å²) in [7, 11) is 0. The van der Waals surface area contributed by atoms with Gasteiger partial charge in [0.05, 0.1) is 9.90 Å². The summed E-state index contributed by atoms with van der Waals surface area (Å²) >= 11 is 8.91.